The minimum atomic E-state index is -0.316. The lowest BCUT2D eigenvalue weighted by Gasteiger charge is -2.10. The number of para-hydroxylation sites is 1. The van der Waals surface area contributed by atoms with Crippen molar-refractivity contribution in [1.29, 1.82) is 0 Å². The smallest absolute Gasteiger partial charge is 0.277 e. The van der Waals surface area contributed by atoms with Crippen molar-refractivity contribution in [3.05, 3.63) is 103 Å². The van der Waals surface area contributed by atoms with Crippen molar-refractivity contribution >= 4 is 33.7 Å². The monoisotopic (exact) mass is 394 g/mol. The van der Waals surface area contributed by atoms with Gasteiger partial charge < -0.3 is 4.74 Å². The lowest BCUT2D eigenvalue weighted by molar-refractivity contribution is -0.123. The Hall–Kier alpha value is -3.92. The number of carbonyl (C=O) groups is 1. The van der Waals surface area contributed by atoms with Crippen molar-refractivity contribution < 1.29 is 9.53 Å². The molecule has 4 nitrogen and oxygen atoms in total. The van der Waals surface area contributed by atoms with E-state index in [1.54, 1.807) is 12.3 Å². The van der Waals surface area contributed by atoms with E-state index in [9.17, 15) is 4.79 Å². The summed E-state index contributed by atoms with van der Waals surface area (Å²) in [5.74, 6) is 0.362. The minimum Gasteiger partial charge on any atom is -0.483 e. The van der Waals surface area contributed by atoms with E-state index < -0.39 is 0 Å². The number of nitrogens with one attached hydrogen (secondary N) is 1. The van der Waals surface area contributed by atoms with Gasteiger partial charge >= 0.3 is 0 Å². The molecule has 148 valence electrons. The molecule has 0 unspecified atom stereocenters. The maximum atomic E-state index is 12.2. The van der Waals surface area contributed by atoms with E-state index in [1.165, 1.54) is 0 Å². The number of rotatable bonds is 7. The van der Waals surface area contributed by atoms with E-state index in [-0.39, 0.29) is 12.5 Å². The second kappa shape index (κ2) is 9.05. The van der Waals surface area contributed by atoms with Gasteiger partial charge in [0.2, 0.25) is 0 Å². The second-order valence-electron chi connectivity index (χ2n) is 6.91. The van der Waals surface area contributed by atoms with Gasteiger partial charge in [-0.3, -0.25) is 4.79 Å². The van der Waals surface area contributed by atoms with Crippen LogP contribution in [-0.2, 0) is 11.2 Å². The fourth-order valence-corrected chi connectivity index (χ4v) is 3.50. The standard InChI is InChI=1S/C26H22N2O2/c1-2-9-19-10-5-8-15-25(19)30-18-26(29)28-27-17-24-22-13-6-3-11-20(22)16-21-12-4-7-14-23(21)24/h2-8,10-17H,1,9,18H2,(H,28,29)/b27-17+. The molecule has 0 radical (unpaired) electrons. The first-order valence-corrected chi connectivity index (χ1v) is 9.80. The largest absolute Gasteiger partial charge is 0.483 e. The van der Waals surface area contributed by atoms with Gasteiger partial charge in [0.25, 0.3) is 5.91 Å². The van der Waals surface area contributed by atoms with Crippen LogP contribution in [0.3, 0.4) is 0 Å². The third kappa shape index (κ3) is 4.23. The number of ether oxygens (including phenoxy) is 1. The van der Waals surface area contributed by atoms with Gasteiger partial charge in [-0.2, -0.15) is 5.10 Å². The molecule has 0 spiro atoms. The van der Waals surface area contributed by atoms with Crippen molar-refractivity contribution in [2.24, 2.45) is 5.10 Å². The lowest BCUT2D eigenvalue weighted by Crippen LogP contribution is -2.24. The summed E-state index contributed by atoms with van der Waals surface area (Å²) < 4.78 is 5.66. The van der Waals surface area contributed by atoms with Crippen molar-refractivity contribution in [1.82, 2.24) is 5.43 Å². The van der Waals surface area contributed by atoms with Gasteiger partial charge in [-0.05, 0) is 45.7 Å². The van der Waals surface area contributed by atoms with Gasteiger partial charge in [-0.25, -0.2) is 5.43 Å². The van der Waals surface area contributed by atoms with Crippen LogP contribution in [0.4, 0.5) is 0 Å². The van der Waals surface area contributed by atoms with Crippen LogP contribution in [0.1, 0.15) is 11.1 Å². The highest BCUT2D eigenvalue weighted by atomic mass is 16.5. The Bertz CT molecular complexity index is 1190. The molecule has 0 aliphatic heterocycles. The zero-order chi connectivity index (χ0) is 20.8. The Labute approximate surface area is 175 Å². The van der Waals surface area contributed by atoms with Crippen molar-refractivity contribution in [3.63, 3.8) is 0 Å². The molecule has 4 aromatic rings. The SMILES string of the molecule is C=CCc1ccccc1OCC(=O)N/N=C/c1c2ccccc2cc2ccccc12. The molecule has 1 N–H and O–H groups in total. The topological polar surface area (TPSA) is 50.7 Å². The van der Waals surface area contributed by atoms with E-state index in [0.717, 1.165) is 32.7 Å². The van der Waals surface area contributed by atoms with Crippen molar-refractivity contribution in [2.75, 3.05) is 6.61 Å². The van der Waals surface area contributed by atoms with Crippen LogP contribution in [0.2, 0.25) is 0 Å². The summed E-state index contributed by atoms with van der Waals surface area (Å²) in [5, 5.41) is 8.63. The molecule has 0 saturated carbocycles. The van der Waals surface area contributed by atoms with Crippen molar-refractivity contribution in [3.8, 4) is 5.75 Å². The van der Waals surface area contributed by atoms with Gasteiger partial charge in [0.1, 0.15) is 5.75 Å². The fraction of sp³-hybridized carbons (Fsp3) is 0.0769. The van der Waals surface area contributed by atoms with Gasteiger partial charge in [0.05, 0.1) is 6.21 Å². The number of benzene rings is 4. The molecule has 1 amide bonds. The van der Waals surface area contributed by atoms with Crippen LogP contribution in [-0.4, -0.2) is 18.7 Å². The van der Waals surface area contributed by atoms with Crippen LogP contribution in [0, 0.1) is 0 Å². The van der Waals surface area contributed by atoms with Gasteiger partial charge in [0.15, 0.2) is 6.61 Å². The number of allylic oxidation sites excluding steroid dienone is 1. The molecule has 30 heavy (non-hydrogen) atoms. The number of hydrazone groups is 1. The summed E-state index contributed by atoms with van der Waals surface area (Å²) >= 11 is 0. The number of hydrogen-bond donors (Lipinski definition) is 1. The lowest BCUT2D eigenvalue weighted by atomic mass is 9.97. The first-order chi connectivity index (χ1) is 14.8. The number of hydrogen-bond acceptors (Lipinski definition) is 3. The van der Waals surface area contributed by atoms with Gasteiger partial charge in [0, 0.05) is 5.56 Å². The average molecular weight is 394 g/mol. The first kappa shape index (κ1) is 19.4. The Morgan fingerprint density at radius 2 is 1.57 bits per heavy atom. The summed E-state index contributed by atoms with van der Waals surface area (Å²) in [6.07, 6.45) is 4.19. The Morgan fingerprint density at radius 1 is 0.933 bits per heavy atom. The number of nitrogens with zero attached hydrogens (tertiary/aromatic N) is 1. The molecule has 0 atom stereocenters. The molecular formula is C26H22N2O2. The van der Waals surface area contributed by atoms with E-state index in [0.29, 0.717) is 12.2 Å². The highest BCUT2D eigenvalue weighted by molar-refractivity contribution is 6.13. The molecule has 0 aromatic heterocycles. The first-order valence-electron chi connectivity index (χ1n) is 9.80. The molecule has 0 fully saturated rings. The fourth-order valence-electron chi connectivity index (χ4n) is 3.50. The van der Waals surface area contributed by atoms with Crippen LogP contribution in [0.5, 0.6) is 5.75 Å². The molecule has 4 aromatic carbocycles. The molecule has 0 aliphatic carbocycles. The quantitative estimate of drug-likeness (QED) is 0.201. The maximum absolute atomic E-state index is 12.2. The Balaban J connectivity index is 1.50. The van der Waals surface area contributed by atoms with Crippen LogP contribution in [0.15, 0.2) is 96.6 Å². The summed E-state index contributed by atoms with van der Waals surface area (Å²) in [4.78, 5) is 12.2. The Kier molecular flexibility index (Phi) is 5.85. The number of amides is 1. The summed E-state index contributed by atoms with van der Waals surface area (Å²) in [6, 6.07) is 26.1. The second-order valence-corrected chi connectivity index (χ2v) is 6.91. The Morgan fingerprint density at radius 3 is 2.27 bits per heavy atom. The molecular weight excluding hydrogens is 372 g/mol. The molecule has 0 bridgehead atoms. The van der Waals surface area contributed by atoms with Crippen molar-refractivity contribution in [2.45, 2.75) is 6.42 Å². The molecule has 4 rings (SSSR count). The van der Waals surface area contributed by atoms with E-state index in [1.807, 2.05) is 48.5 Å². The van der Waals surface area contributed by atoms with Gasteiger partial charge in [-0.15, -0.1) is 6.58 Å². The normalized spacial score (nSPS) is 11.1. The molecule has 0 heterocycles. The van der Waals surface area contributed by atoms with Crippen LogP contribution >= 0.6 is 0 Å². The van der Waals surface area contributed by atoms with Gasteiger partial charge in [-0.1, -0.05) is 72.8 Å². The average Bonchev–Trinajstić information content (AvgIpc) is 2.78. The highest BCUT2D eigenvalue weighted by Crippen LogP contribution is 2.27. The number of carbonyl (C=O) groups excluding carboxylic acids is 1. The third-order valence-electron chi connectivity index (χ3n) is 4.89. The number of fused-ring (bicyclic) bond motifs is 2. The minimum absolute atomic E-state index is 0.109. The van der Waals surface area contributed by atoms with E-state index >= 15 is 0 Å². The third-order valence-corrected chi connectivity index (χ3v) is 4.89. The summed E-state index contributed by atoms with van der Waals surface area (Å²) in [6.45, 7) is 3.64. The summed E-state index contributed by atoms with van der Waals surface area (Å²) in [7, 11) is 0. The molecule has 4 heteroatoms. The van der Waals surface area contributed by atoms with E-state index in [2.05, 4.69) is 47.4 Å². The zero-order valence-electron chi connectivity index (χ0n) is 16.5. The summed E-state index contributed by atoms with van der Waals surface area (Å²) in [5.41, 5.74) is 4.53. The predicted molar refractivity (Wildman–Crippen MR) is 123 cm³/mol. The van der Waals surface area contributed by atoms with Crippen LogP contribution in [0.25, 0.3) is 21.5 Å². The zero-order valence-corrected chi connectivity index (χ0v) is 16.5. The predicted octanol–water partition coefficient (Wildman–Crippen LogP) is 5.25. The molecule has 0 aliphatic rings. The maximum Gasteiger partial charge on any atom is 0.277 e. The van der Waals surface area contributed by atoms with E-state index in [4.69, 9.17) is 4.74 Å². The molecule has 0 saturated heterocycles. The highest BCUT2D eigenvalue weighted by Gasteiger charge is 2.07. The van der Waals surface area contributed by atoms with Crippen LogP contribution < -0.4 is 10.2 Å².